The van der Waals surface area contributed by atoms with Crippen LogP contribution in [0.15, 0.2) is 18.3 Å². The van der Waals surface area contributed by atoms with Crippen molar-refractivity contribution >= 4 is 11.6 Å². The Balaban J connectivity index is 2.57. The third-order valence-corrected chi connectivity index (χ3v) is 3.14. The zero-order valence-electron chi connectivity index (χ0n) is 13.4. The van der Waals surface area contributed by atoms with Crippen LogP contribution in [-0.4, -0.2) is 44.2 Å². The third kappa shape index (κ3) is 6.12. The van der Waals surface area contributed by atoms with E-state index in [4.69, 9.17) is 4.74 Å². The maximum absolute atomic E-state index is 11.9. The second-order valence-corrected chi connectivity index (χ2v) is 4.99. The number of carbonyl (C=O) groups is 1. The SMILES string of the molecule is CCCN(CCC)c1ccc(C(=O)NCCCOC)nc1. The molecule has 0 aliphatic heterocycles. The Hall–Kier alpha value is -1.62. The topological polar surface area (TPSA) is 54.5 Å². The number of anilines is 1. The Morgan fingerprint density at radius 1 is 1.29 bits per heavy atom. The predicted molar refractivity (Wildman–Crippen MR) is 85.9 cm³/mol. The fraction of sp³-hybridized carbons (Fsp3) is 0.625. The molecule has 5 nitrogen and oxygen atoms in total. The number of methoxy groups -OCH3 is 1. The molecule has 1 rings (SSSR count). The van der Waals surface area contributed by atoms with E-state index in [9.17, 15) is 4.79 Å². The second-order valence-electron chi connectivity index (χ2n) is 4.99. The summed E-state index contributed by atoms with van der Waals surface area (Å²) in [6.45, 7) is 7.61. The van der Waals surface area contributed by atoms with E-state index in [1.165, 1.54) is 0 Å². The highest BCUT2D eigenvalue weighted by atomic mass is 16.5. The second kappa shape index (κ2) is 10.2. The number of hydrogen-bond acceptors (Lipinski definition) is 4. The van der Waals surface area contributed by atoms with E-state index in [0.717, 1.165) is 38.0 Å². The van der Waals surface area contributed by atoms with Gasteiger partial charge < -0.3 is 15.0 Å². The summed E-state index contributed by atoms with van der Waals surface area (Å²) in [5.41, 5.74) is 1.54. The minimum atomic E-state index is -0.129. The molecule has 0 aromatic carbocycles. The van der Waals surface area contributed by atoms with Crippen molar-refractivity contribution in [3.8, 4) is 0 Å². The quantitative estimate of drug-likeness (QED) is 0.673. The van der Waals surface area contributed by atoms with Gasteiger partial charge in [-0.25, -0.2) is 4.98 Å². The van der Waals surface area contributed by atoms with Crippen LogP contribution in [0.2, 0.25) is 0 Å². The van der Waals surface area contributed by atoms with Gasteiger partial charge >= 0.3 is 0 Å². The van der Waals surface area contributed by atoms with Gasteiger partial charge in [0.25, 0.3) is 5.91 Å². The van der Waals surface area contributed by atoms with Crippen LogP contribution in [0, 0.1) is 0 Å². The lowest BCUT2D eigenvalue weighted by atomic mass is 10.2. The average molecular weight is 293 g/mol. The Kier molecular flexibility index (Phi) is 8.43. The summed E-state index contributed by atoms with van der Waals surface area (Å²) in [6.07, 6.45) is 4.79. The normalized spacial score (nSPS) is 10.4. The van der Waals surface area contributed by atoms with Crippen LogP contribution in [0.1, 0.15) is 43.6 Å². The molecule has 0 fully saturated rings. The number of aromatic nitrogens is 1. The number of ether oxygens (including phenoxy) is 1. The summed E-state index contributed by atoms with van der Waals surface area (Å²) >= 11 is 0. The van der Waals surface area contributed by atoms with Crippen molar-refractivity contribution in [2.45, 2.75) is 33.1 Å². The third-order valence-electron chi connectivity index (χ3n) is 3.14. The maximum atomic E-state index is 11.9. The summed E-state index contributed by atoms with van der Waals surface area (Å²) in [7, 11) is 1.65. The Morgan fingerprint density at radius 2 is 2.00 bits per heavy atom. The van der Waals surface area contributed by atoms with Gasteiger partial charge in [-0.15, -0.1) is 0 Å². The first kappa shape index (κ1) is 17.4. The molecule has 0 atom stereocenters. The van der Waals surface area contributed by atoms with Crippen LogP contribution in [-0.2, 0) is 4.74 Å². The lowest BCUT2D eigenvalue weighted by molar-refractivity contribution is 0.0943. The molecule has 1 aromatic rings. The van der Waals surface area contributed by atoms with Gasteiger partial charge in [-0.3, -0.25) is 4.79 Å². The van der Waals surface area contributed by atoms with Gasteiger partial charge in [0.15, 0.2) is 0 Å². The van der Waals surface area contributed by atoms with Crippen molar-refractivity contribution in [2.24, 2.45) is 0 Å². The molecular weight excluding hydrogens is 266 g/mol. The molecule has 0 bridgehead atoms. The molecule has 0 aliphatic rings. The molecular formula is C16H27N3O2. The van der Waals surface area contributed by atoms with Crippen LogP contribution in [0.3, 0.4) is 0 Å². The zero-order valence-corrected chi connectivity index (χ0v) is 13.4. The number of pyridine rings is 1. The molecule has 1 heterocycles. The number of nitrogens with zero attached hydrogens (tertiary/aromatic N) is 2. The van der Waals surface area contributed by atoms with E-state index in [0.29, 0.717) is 18.8 Å². The van der Waals surface area contributed by atoms with E-state index in [1.807, 2.05) is 6.07 Å². The monoisotopic (exact) mass is 293 g/mol. The highest BCUT2D eigenvalue weighted by Gasteiger charge is 2.09. The summed E-state index contributed by atoms with van der Waals surface area (Å²) in [6, 6.07) is 3.77. The van der Waals surface area contributed by atoms with Gasteiger partial charge in [0.1, 0.15) is 5.69 Å². The first-order chi connectivity index (χ1) is 10.2. The van der Waals surface area contributed by atoms with E-state index in [1.54, 1.807) is 19.4 Å². The molecule has 0 saturated heterocycles. The molecule has 5 heteroatoms. The van der Waals surface area contributed by atoms with Crippen molar-refractivity contribution in [2.75, 3.05) is 38.3 Å². The molecule has 0 aliphatic carbocycles. The van der Waals surface area contributed by atoms with Crippen molar-refractivity contribution in [3.63, 3.8) is 0 Å². The lowest BCUT2D eigenvalue weighted by Gasteiger charge is -2.23. The first-order valence-electron chi connectivity index (χ1n) is 7.71. The van der Waals surface area contributed by atoms with Crippen LogP contribution >= 0.6 is 0 Å². The molecule has 0 radical (unpaired) electrons. The van der Waals surface area contributed by atoms with Gasteiger partial charge in [0.2, 0.25) is 0 Å². The summed E-state index contributed by atoms with van der Waals surface area (Å²) in [5.74, 6) is -0.129. The predicted octanol–water partition coefficient (Wildman–Crippen LogP) is 2.47. The molecule has 118 valence electrons. The van der Waals surface area contributed by atoms with Crippen molar-refractivity contribution in [3.05, 3.63) is 24.0 Å². The first-order valence-corrected chi connectivity index (χ1v) is 7.71. The molecule has 1 N–H and O–H groups in total. The van der Waals surface area contributed by atoms with Gasteiger partial charge in [-0.05, 0) is 31.4 Å². The largest absolute Gasteiger partial charge is 0.385 e. The van der Waals surface area contributed by atoms with Gasteiger partial charge in [0, 0.05) is 33.4 Å². The Morgan fingerprint density at radius 3 is 2.52 bits per heavy atom. The molecule has 0 saturated carbocycles. The van der Waals surface area contributed by atoms with Crippen molar-refractivity contribution in [1.29, 1.82) is 0 Å². The number of hydrogen-bond donors (Lipinski definition) is 1. The molecule has 1 amide bonds. The summed E-state index contributed by atoms with van der Waals surface area (Å²) in [5, 5.41) is 2.84. The minimum Gasteiger partial charge on any atom is -0.385 e. The Bertz CT molecular complexity index is 400. The minimum absolute atomic E-state index is 0.129. The number of rotatable bonds is 10. The van der Waals surface area contributed by atoms with E-state index in [2.05, 4.69) is 29.0 Å². The standard InChI is InChI=1S/C16H27N3O2/c1-4-10-19(11-5-2)14-7-8-15(18-13-14)16(20)17-9-6-12-21-3/h7-8,13H,4-6,9-12H2,1-3H3,(H,17,20). The van der Waals surface area contributed by atoms with E-state index < -0.39 is 0 Å². The van der Waals surface area contributed by atoms with E-state index >= 15 is 0 Å². The molecule has 21 heavy (non-hydrogen) atoms. The fourth-order valence-corrected chi connectivity index (χ4v) is 2.13. The molecule has 0 unspecified atom stereocenters. The number of carbonyl (C=O) groups excluding carboxylic acids is 1. The van der Waals surface area contributed by atoms with Crippen molar-refractivity contribution in [1.82, 2.24) is 10.3 Å². The fourth-order valence-electron chi connectivity index (χ4n) is 2.13. The summed E-state index contributed by atoms with van der Waals surface area (Å²) < 4.78 is 4.94. The number of amides is 1. The average Bonchev–Trinajstić information content (AvgIpc) is 2.51. The highest BCUT2D eigenvalue weighted by molar-refractivity contribution is 5.92. The van der Waals surface area contributed by atoms with Crippen molar-refractivity contribution < 1.29 is 9.53 Å². The van der Waals surface area contributed by atoms with Gasteiger partial charge in [0.05, 0.1) is 11.9 Å². The maximum Gasteiger partial charge on any atom is 0.269 e. The van der Waals surface area contributed by atoms with Gasteiger partial charge in [-0.2, -0.15) is 0 Å². The van der Waals surface area contributed by atoms with Crippen LogP contribution in [0.4, 0.5) is 5.69 Å². The zero-order chi connectivity index (χ0) is 15.5. The van der Waals surface area contributed by atoms with Crippen LogP contribution in [0.25, 0.3) is 0 Å². The molecule has 0 spiro atoms. The van der Waals surface area contributed by atoms with Gasteiger partial charge in [-0.1, -0.05) is 13.8 Å². The Labute approximate surface area is 127 Å². The lowest BCUT2D eigenvalue weighted by Crippen LogP contribution is -2.27. The smallest absolute Gasteiger partial charge is 0.269 e. The molecule has 1 aromatic heterocycles. The number of nitrogens with one attached hydrogen (secondary N) is 1. The van der Waals surface area contributed by atoms with Crippen LogP contribution in [0.5, 0.6) is 0 Å². The van der Waals surface area contributed by atoms with Crippen LogP contribution < -0.4 is 10.2 Å². The van der Waals surface area contributed by atoms with E-state index in [-0.39, 0.29) is 5.91 Å². The highest BCUT2D eigenvalue weighted by Crippen LogP contribution is 2.14. The summed E-state index contributed by atoms with van der Waals surface area (Å²) in [4.78, 5) is 18.5.